The van der Waals surface area contributed by atoms with E-state index in [4.69, 9.17) is 9.73 Å². The number of rotatable bonds is 8. The summed E-state index contributed by atoms with van der Waals surface area (Å²) >= 11 is 0. The fourth-order valence-electron chi connectivity index (χ4n) is 2.54. The minimum atomic E-state index is 0.708. The molecule has 5 nitrogen and oxygen atoms in total. The van der Waals surface area contributed by atoms with Crippen molar-refractivity contribution in [3.05, 3.63) is 0 Å². The maximum absolute atomic E-state index is 5.05. The second kappa shape index (κ2) is 10.9. The predicted molar refractivity (Wildman–Crippen MR) is 85.3 cm³/mol. The number of hydrogen-bond donors (Lipinski definition) is 2. The van der Waals surface area contributed by atoms with Gasteiger partial charge in [-0.05, 0) is 51.7 Å². The summed E-state index contributed by atoms with van der Waals surface area (Å²) in [5, 5.41) is 6.58. The standard InChI is InChI=1S/C15H32N4O/c1-4-9-19-10-6-14(7-11-19)13-18-15(16-5-2)17-8-12-20-3/h14H,4-13H2,1-3H3,(H2,16,17,18). The zero-order valence-corrected chi connectivity index (χ0v) is 13.5. The quantitative estimate of drug-likeness (QED) is 0.401. The van der Waals surface area contributed by atoms with Crippen LogP contribution in [0.4, 0.5) is 0 Å². The van der Waals surface area contributed by atoms with E-state index in [-0.39, 0.29) is 0 Å². The van der Waals surface area contributed by atoms with E-state index in [2.05, 4.69) is 29.4 Å². The molecule has 5 heteroatoms. The number of aliphatic imine (C=N–C) groups is 1. The Labute approximate surface area is 124 Å². The monoisotopic (exact) mass is 284 g/mol. The van der Waals surface area contributed by atoms with E-state index in [9.17, 15) is 0 Å². The van der Waals surface area contributed by atoms with Crippen LogP contribution in [0, 0.1) is 5.92 Å². The first kappa shape index (κ1) is 17.2. The summed E-state index contributed by atoms with van der Waals surface area (Å²) in [5.74, 6) is 1.65. The van der Waals surface area contributed by atoms with Crippen LogP contribution in [0.15, 0.2) is 4.99 Å². The molecule has 1 fully saturated rings. The molecule has 0 bridgehead atoms. The van der Waals surface area contributed by atoms with Crippen LogP contribution in [-0.2, 0) is 4.74 Å². The van der Waals surface area contributed by atoms with Crippen molar-refractivity contribution in [1.82, 2.24) is 15.5 Å². The molecular weight excluding hydrogens is 252 g/mol. The van der Waals surface area contributed by atoms with Crippen LogP contribution in [0.5, 0.6) is 0 Å². The molecule has 20 heavy (non-hydrogen) atoms. The number of ether oxygens (including phenoxy) is 1. The van der Waals surface area contributed by atoms with Crippen LogP contribution < -0.4 is 10.6 Å². The number of nitrogens with one attached hydrogen (secondary N) is 2. The first-order valence-corrected chi connectivity index (χ1v) is 8.03. The number of likely N-dealkylation sites (tertiary alicyclic amines) is 1. The van der Waals surface area contributed by atoms with Crippen molar-refractivity contribution in [2.24, 2.45) is 10.9 Å². The van der Waals surface area contributed by atoms with Gasteiger partial charge in [-0.1, -0.05) is 6.92 Å². The highest BCUT2D eigenvalue weighted by atomic mass is 16.5. The second-order valence-corrected chi connectivity index (χ2v) is 5.42. The van der Waals surface area contributed by atoms with E-state index >= 15 is 0 Å². The Morgan fingerprint density at radius 2 is 2.00 bits per heavy atom. The third-order valence-corrected chi connectivity index (χ3v) is 3.70. The Morgan fingerprint density at radius 1 is 1.25 bits per heavy atom. The fraction of sp³-hybridized carbons (Fsp3) is 0.933. The van der Waals surface area contributed by atoms with Gasteiger partial charge in [-0.3, -0.25) is 4.99 Å². The highest BCUT2D eigenvalue weighted by Gasteiger charge is 2.18. The molecule has 1 aliphatic heterocycles. The van der Waals surface area contributed by atoms with E-state index in [0.717, 1.165) is 31.5 Å². The number of methoxy groups -OCH3 is 1. The van der Waals surface area contributed by atoms with Gasteiger partial charge in [0.25, 0.3) is 0 Å². The molecule has 118 valence electrons. The molecule has 1 rings (SSSR count). The highest BCUT2D eigenvalue weighted by molar-refractivity contribution is 5.79. The summed E-state index contributed by atoms with van der Waals surface area (Å²) in [4.78, 5) is 7.27. The number of hydrogen-bond acceptors (Lipinski definition) is 3. The molecule has 0 spiro atoms. The van der Waals surface area contributed by atoms with Crippen molar-refractivity contribution >= 4 is 5.96 Å². The molecule has 0 atom stereocenters. The Balaban J connectivity index is 2.28. The van der Waals surface area contributed by atoms with Crippen molar-refractivity contribution in [2.45, 2.75) is 33.1 Å². The van der Waals surface area contributed by atoms with Gasteiger partial charge in [0.1, 0.15) is 0 Å². The molecule has 0 aromatic carbocycles. The van der Waals surface area contributed by atoms with Gasteiger partial charge in [-0.15, -0.1) is 0 Å². The summed E-state index contributed by atoms with van der Waals surface area (Å²) in [6.45, 7) is 11.4. The lowest BCUT2D eigenvalue weighted by Gasteiger charge is -2.31. The zero-order valence-electron chi connectivity index (χ0n) is 13.5. The van der Waals surface area contributed by atoms with Crippen molar-refractivity contribution in [1.29, 1.82) is 0 Å². The summed E-state index contributed by atoms with van der Waals surface area (Å²) in [5.41, 5.74) is 0. The Kier molecular flexibility index (Phi) is 9.41. The van der Waals surface area contributed by atoms with Crippen molar-refractivity contribution in [3.63, 3.8) is 0 Å². The smallest absolute Gasteiger partial charge is 0.191 e. The molecular formula is C15H32N4O. The Hall–Kier alpha value is -0.810. The van der Waals surface area contributed by atoms with Gasteiger partial charge >= 0.3 is 0 Å². The lowest BCUT2D eigenvalue weighted by Crippen LogP contribution is -2.40. The van der Waals surface area contributed by atoms with Crippen LogP contribution in [0.3, 0.4) is 0 Å². The van der Waals surface area contributed by atoms with Crippen LogP contribution in [0.1, 0.15) is 33.1 Å². The zero-order chi connectivity index (χ0) is 14.6. The molecule has 0 unspecified atom stereocenters. The average Bonchev–Trinajstić information content (AvgIpc) is 2.47. The lowest BCUT2D eigenvalue weighted by molar-refractivity contribution is 0.188. The van der Waals surface area contributed by atoms with Gasteiger partial charge in [0.05, 0.1) is 6.61 Å². The first-order chi connectivity index (χ1) is 9.80. The van der Waals surface area contributed by atoms with Gasteiger partial charge in [-0.2, -0.15) is 0 Å². The van der Waals surface area contributed by atoms with E-state index in [0.29, 0.717) is 6.61 Å². The maximum Gasteiger partial charge on any atom is 0.191 e. The number of piperidine rings is 1. The highest BCUT2D eigenvalue weighted by Crippen LogP contribution is 2.17. The van der Waals surface area contributed by atoms with E-state index in [1.165, 1.54) is 38.9 Å². The number of nitrogens with zero attached hydrogens (tertiary/aromatic N) is 2. The second-order valence-electron chi connectivity index (χ2n) is 5.42. The van der Waals surface area contributed by atoms with Crippen LogP contribution >= 0.6 is 0 Å². The molecule has 0 aromatic rings. The summed E-state index contributed by atoms with van der Waals surface area (Å²) < 4.78 is 5.05. The molecule has 0 aliphatic carbocycles. The minimum Gasteiger partial charge on any atom is -0.383 e. The first-order valence-electron chi connectivity index (χ1n) is 8.03. The SMILES string of the molecule is CCCN1CCC(CN=C(NCC)NCCOC)CC1. The summed E-state index contributed by atoms with van der Waals surface area (Å²) in [6, 6.07) is 0. The van der Waals surface area contributed by atoms with E-state index in [1.54, 1.807) is 7.11 Å². The normalized spacial score (nSPS) is 18.2. The molecule has 0 amide bonds. The van der Waals surface area contributed by atoms with Crippen molar-refractivity contribution in [2.75, 3.05) is 53.0 Å². The largest absolute Gasteiger partial charge is 0.383 e. The number of guanidine groups is 1. The molecule has 1 aliphatic rings. The third kappa shape index (κ3) is 7.10. The molecule has 1 saturated heterocycles. The van der Waals surface area contributed by atoms with Gasteiger partial charge in [0.15, 0.2) is 5.96 Å². The third-order valence-electron chi connectivity index (χ3n) is 3.70. The van der Waals surface area contributed by atoms with Gasteiger partial charge < -0.3 is 20.3 Å². The Morgan fingerprint density at radius 3 is 2.60 bits per heavy atom. The minimum absolute atomic E-state index is 0.708. The summed E-state index contributed by atoms with van der Waals surface area (Å²) in [7, 11) is 1.72. The van der Waals surface area contributed by atoms with Gasteiger partial charge in [0.2, 0.25) is 0 Å². The van der Waals surface area contributed by atoms with Crippen LogP contribution in [0.25, 0.3) is 0 Å². The fourth-order valence-corrected chi connectivity index (χ4v) is 2.54. The maximum atomic E-state index is 5.05. The van der Waals surface area contributed by atoms with Crippen molar-refractivity contribution < 1.29 is 4.74 Å². The summed E-state index contributed by atoms with van der Waals surface area (Å²) in [6.07, 6.45) is 3.82. The molecule has 1 heterocycles. The van der Waals surface area contributed by atoms with E-state index < -0.39 is 0 Å². The van der Waals surface area contributed by atoms with Crippen LogP contribution in [-0.4, -0.2) is 63.8 Å². The molecule has 0 aromatic heterocycles. The average molecular weight is 284 g/mol. The molecule has 0 saturated carbocycles. The van der Waals surface area contributed by atoms with Gasteiger partial charge in [-0.25, -0.2) is 0 Å². The van der Waals surface area contributed by atoms with Crippen molar-refractivity contribution in [3.8, 4) is 0 Å². The van der Waals surface area contributed by atoms with E-state index in [1.807, 2.05) is 0 Å². The topological polar surface area (TPSA) is 48.9 Å². The lowest BCUT2D eigenvalue weighted by atomic mass is 9.97. The predicted octanol–water partition coefficient (Wildman–Crippen LogP) is 1.31. The Bertz CT molecular complexity index is 263. The molecule has 2 N–H and O–H groups in total. The molecule has 0 radical (unpaired) electrons. The van der Waals surface area contributed by atoms with Gasteiger partial charge in [0, 0.05) is 26.7 Å². The van der Waals surface area contributed by atoms with Crippen LogP contribution in [0.2, 0.25) is 0 Å².